The third-order valence-corrected chi connectivity index (χ3v) is 2.67. The summed E-state index contributed by atoms with van der Waals surface area (Å²) in [5, 5.41) is 0. The van der Waals surface area contributed by atoms with E-state index in [-0.39, 0.29) is 5.43 Å². The molecular weight excluding hydrogens is 192 g/mol. The first kappa shape index (κ1) is 11.1. The third kappa shape index (κ3) is 3.79. The molecule has 0 aliphatic rings. The molecule has 1 nitrogen and oxygen atoms in total. The number of hydrogen-bond acceptors (Lipinski definition) is 2. The molecule has 0 N–H and O–H groups in total. The largest absolute Gasteiger partial charge is 0.289 e. The van der Waals surface area contributed by atoms with E-state index in [0.29, 0.717) is 0 Å². The van der Waals surface area contributed by atoms with Crippen molar-refractivity contribution in [2.45, 2.75) is 18.7 Å². The number of thioether (sulfide) groups is 1. The molecule has 0 aromatic heterocycles. The van der Waals surface area contributed by atoms with Crippen molar-refractivity contribution in [1.82, 2.24) is 0 Å². The fraction of sp³-hybridized carbons (Fsp3) is 0.250. The number of allylic oxidation sites excluding steroid dienone is 1. The van der Waals surface area contributed by atoms with E-state index in [9.17, 15) is 4.79 Å². The number of hydrogen-bond donors (Lipinski definition) is 0. The van der Waals surface area contributed by atoms with Crippen LogP contribution >= 0.6 is 11.8 Å². The SMILES string of the molecule is CC(C)=CCSc1cccccc1=O. The summed E-state index contributed by atoms with van der Waals surface area (Å²) in [6.45, 7) is 4.12. The third-order valence-electron chi connectivity index (χ3n) is 1.69. The fourth-order valence-electron chi connectivity index (χ4n) is 0.932. The lowest BCUT2D eigenvalue weighted by molar-refractivity contribution is 1.36. The molecule has 0 amide bonds. The minimum atomic E-state index is 0.0992. The van der Waals surface area contributed by atoms with Crippen molar-refractivity contribution in [1.29, 1.82) is 0 Å². The van der Waals surface area contributed by atoms with E-state index in [1.807, 2.05) is 18.2 Å². The molecule has 2 heteroatoms. The molecule has 0 unspecified atom stereocenters. The average molecular weight is 206 g/mol. The van der Waals surface area contributed by atoms with Crippen LogP contribution in [0.1, 0.15) is 13.8 Å². The quantitative estimate of drug-likeness (QED) is 0.558. The van der Waals surface area contributed by atoms with Gasteiger partial charge in [0.25, 0.3) is 0 Å². The van der Waals surface area contributed by atoms with E-state index in [1.165, 1.54) is 5.57 Å². The second kappa shape index (κ2) is 5.66. The molecule has 14 heavy (non-hydrogen) atoms. The zero-order valence-corrected chi connectivity index (χ0v) is 9.30. The van der Waals surface area contributed by atoms with Crippen LogP contribution in [0, 0.1) is 0 Å². The summed E-state index contributed by atoms with van der Waals surface area (Å²) in [6, 6.07) is 9.00. The van der Waals surface area contributed by atoms with Crippen LogP contribution in [0.15, 0.2) is 51.7 Å². The summed E-state index contributed by atoms with van der Waals surface area (Å²) < 4.78 is 0. The second-order valence-electron chi connectivity index (χ2n) is 3.23. The van der Waals surface area contributed by atoms with Crippen LogP contribution in [-0.2, 0) is 0 Å². The van der Waals surface area contributed by atoms with Crippen LogP contribution < -0.4 is 5.43 Å². The zero-order chi connectivity index (χ0) is 10.4. The van der Waals surface area contributed by atoms with Gasteiger partial charge in [0.15, 0.2) is 5.43 Å². The van der Waals surface area contributed by atoms with Crippen molar-refractivity contribution in [2.24, 2.45) is 0 Å². The summed E-state index contributed by atoms with van der Waals surface area (Å²) in [5.74, 6) is 0.863. The van der Waals surface area contributed by atoms with E-state index >= 15 is 0 Å². The molecule has 1 aromatic rings. The van der Waals surface area contributed by atoms with E-state index < -0.39 is 0 Å². The highest BCUT2D eigenvalue weighted by Crippen LogP contribution is 2.12. The Morgan fingerprint density at radius 1 is 1.29 bits per heavy atom. The van der Waals surface area contributed by atoms with Gasteiger partial charge in [-0.1, -0.05) is 29.8 Å². The maximum Gasteiger partial charge on any atom is 0.192 e. The van der Waals surface area contributed by atoms with E-state index in [1.54, 1.807) is 23.9 Å². The Labute approximate surface area is 88.9 Å². The summed E-state index contributed by atoms with van der Waals surface area (Å²) in [5.41, 5.74) is 1.38. The highest BCUT2D eigenvalue weighted by molar-refractivity contribution is 7.99. The highest BCUT2D eigenvalue weighted by Gasteiger charge is 1.94. The van der Waals surface area contributed by atoms with E-state index in [2.05, 4.69) is 19.9 Å². The summed E-state index contributed by atoms with van der Waals surface area (Å²) in [4.78, 5) is 12.3. The van der Waals surface area contributed by atoms with Crippen molar-refractivity contribution in [3.8, 4) is 0 Å². The Kier molecular flexibility index (Phi) is 4.47. The monoisotopic (exact) mass is 206 g/mol. The molecule has 74 valence electrons. The topological polar surface area (TPSA) is 17.1 Å². The van der Waals surface area contributed by atoms with Gasteiger partial charge in [-0.15, -0.1) is 11.8 Å². The van der Waals surface area contributed by atoms with Crippen molar-refractivity contribution in [3.63, 3.8) is 0 Å². The van der Waals surface area contributed by atoms with Crippen molar-refractivity contribution in [3.05, 3.63) is 52.2 Å². The van der Waals surface area contributed by atoms with Gasteiger partial charge in [-0.3, -0.25) is 4.79 Å². The van der Waals surface area contributed by atoms with E-state index in [4.69, 9.17) is 0 Å². The molecule has 0 heterocycles. The highest BCUT2D eigenvalue weighted by atomic mass is 32.2. The lowest BCUT2D eigenvalue weighted by Crippen LogP contribution is -1.97. The molecule has 0 aliphatic heterocycles. The van der Waals surface area contributed by atoms with Gasteiger partial charge in [0, 0.05) is 5.75 Å². The van der Waals surface area contributed by atoms with E-state index in [0.717, 1.165) is 10.6 Å². The first-order valence-corrected chi connectivity index (χ1v) is 5.54. The molecule has 0 bridgehead atoms. The maximum absolute atomic E-state index is 11.5. The molecule has 1 aromatic carbocycles. The lowest BCUT2D eigenvalue weighted by atomic mass is 10.3. The minimum absolute atomic E-state index is 0.0992. The first-order valence-electron chi connectivity index (χ1n) is 4.55. The van der Waals surface area contributed by atoms with Gasteiger partial charge in [-0.2, -0.15) is 0 Å². The molecule has 0 atom stereocenters. The Hall–Kier alpha value is -1.02. The Bertz CT molecular complexity index is 378. The van der Waals surface area contributed by atoms with Crippen LogP contribution in [0.3, 0.4) is 0 Å². The predicted molar refractivity (Wildman–Crippen MR) is 62.9 cm³/mol. The predicted octanol–water partition coefficient (Wildman–Crippen LogP) is 3.11. The van der Waals surface area contributed by atoms with Gasteiger partial charge < -0.3 is 0 Å². The lowest BCUT2D eigenvalue weighted by Gasteiger charge is -1.93. The normalized spacial score (nSPS) is 9.57. The summed E-state index contributed by atoms with van der Waals surface area (Å²) in [7, 11) is 0. The minimum Gasteiger partial charge on any atom is -0.289 e. The first-order chi connectivity index (χ1) is 6.70. The maximum atomic E-state index is 11.5. The molecular formula is C12H14OS. The Morgan fingerprint density at radius 2 is 2.00 bits per heavy atom. The standard InChI is InChI=1S/C12H14OS/c1-10(2)8-9-14-12-7-5-3-4-6-11(12)13/h3-8H,9H2,1-2H3. The van der Waals surface area contributed by atoms with Crippen LogP contribution in [0.25, 0.3) is 0 Å². The Morgan fingerprint density at radius 3 is 2.71 bits per heavy atom. The second-order valence-corrected chi connectivity index (χ2v) is 4.29. The van der Waals surface area contributed by atoms with Crippen LogP contribution in [0.5, 0.6) is 0 Å². The average Bonchev–Trinajstić information content (AvgIpc) is 2.31. The van der Waals surface area contributed by atoms with Crippen LogP contribution in [-0.4, -0.2) is 5.75 Å². The van der Waals surface area contributed by atoms with Crippen LogP contribution in [0.4, 0.5) is 0 Å². The van der Waals surface area contributed by atoms with Crippen molar-refractivity contribution < 1.29 is 0 Å². The van der Waals surface area contributed by atoms with Gasteiger partial charge in [-0.05, 0) is 26.0 Å². The van der Waals surface area contributed by atoms with Gasteiger partial charge >= 0.3 is 0 Å². The molecule has 0 fully saturated rings. The molecule has 0 saturated heterocycles. The van der Waals surface area contributed by atoms with Gasteiger partial charge in [0.1, 0.15) is 0 Å². The molecule has 0 spiro atoms. The summed E-state index contributed by atoms with van der Waals surface area (Å²) in [6.07, 6.45) is 2.12. The van der Waals surface area contributed by atoms with Gasteiger partial charge in [0.2, 0.25) is 0 Å². The Balaban J connectivity index is 2.74. The molecule has 0 saturated carbocycles. The van der Waals surface area contributed by atoms with Gasteiger partial charge in [0.05, 0.1) is 4.90 Å². The number of rotatable bonds is 3. The summed E-state index contributed by atoms with van der Waals surface area (Å²) >= 11 is 1.58. The smallest absolute Gasteiger partial charge is 0.192 e. The molecule has 0 aliphatic carbocycles. The van der Waals surface area contributed by atoms with Gasteiger partial charge in [-0.25, -0.2) is 0 Å². The fourth-order valence-corrected chi connectivity index (χ4v) is 1.91. The molecule has 1 rings (SSSR count). The van der Waals surface area contributed by atoms with Crippen LogP contribution in [0.2, 0.25) is 0 Å². The van der Waals surface area contributed by atoms with Crippen molar-refractivity contribution in [2.75, 3.05) is 5.75 Å². The van der Waals surface area contributed by atoms with Crippen molar-refractivity contribution >= 4 is 11.8 Å². The molecule has 0 radical (unpaired) electrons. The zero-order valence-electron chi connectivity index (χ0n) is 8.49.